The van der Waals surface area contributed by atoms with Crippen LogP contribution >= 0.6 is 11.6 Å². The van der Waals surface area contributed by atoms with E-state index in [2.05, 4.69) is 5.32 Å². The number of nitriles is 1. The largest absolute Gasteiger partial charge is 0.733 e. The zero-order valence-electron chi connectivity index (χ0n) is 7.77. The lowest BCUT2D eigenvalue weighted by Gasteiger charge is -2.25. The van der Waals surface area contributed by atoms with E-state index in [1.54, 1.807) is 12.1 Å². The second-order valence-corrected chi connectivity index (χ2v) is 3.21. The molecule has 6 heteroatoms. The summed E-state index contributed by atoms with van der Waals surface area (Å²) in [5.74, 6) is 0. The average molecular weight is 227 g/mol. The smallest absolute Gasteiger partial charge is 0.0755 e. The molecule has 0 amide bonds. The molecule has 2 N–H and O–H groups in total. The lowest BCUT2D eigenvalue weighted by Crippen LogP contribution is -2.11. The van der Waals surface area contributed by atoms with Crippen molar-refractivity contribution >= 4 is 23.0 Å². The minimum atomic E-state index is -0.263. The Labute approximate surface area is 92.0 Å². The first kappa shape index (κ1) is 11.6. The number of halogens is 1. The number of rotatable bonds is 4. The van der Waals surface area contributed by atoms with Gasteiger partial charge in [0.05, 0.1) is 23.9 Å². The highest BCUT2D eigenvalue weighted by molar-refractivity contribution is 6.31. The number of anilines is 2. The molecular weight excluding hydrogens is 218 g/mol. The van der Waals surface area contributed by atoms with Crippen LogP contribution in [0.25, 0.3) is 0 Å². The molecule has 0 atom stereocenters. The highest BCUT2D eigenvalue weighted by atomic mass is 35.5. The minimum Gasteiger partial charge on any atom is -0.733 e. The van der Waals surface area contributed by atoms with Crippen molar-refractivity contribution in [3.8, 4) is 6.07 Å². The van der Waals surface area contributed by atoms with E-state index >= 15 is 0 Å². The monoisotopic (exact) mass is 226 g/mol. The Hall–Kier alpha value is -1.48. The molecule has 5 nitrogen and oxygen atoms in total. The van der Waals surface area contributed by atoms with Crippen LogP contribution in [0, 0.1) is 16.5 Å². The summed E-state index contributed by atoms with van der Waals surface area (Å²) < 4.78 is 0. The molecule has 0 aliphatic rings. The van der Waals surface area contributed by atoms with Crippen LogP contribution in [0.5, 0.6) is 0 Å². The Kier molecular flexibility index (Phi) is 4.18. The Bertz CT molecular complexity index is 376. The normalized spacial score (nSPS) is 9.47. The topological polar surface area (TPSA) is 82.4 Å². The number of benzene rings is 1. The molecule has 0 aliphatic heterocycles. The van der Waals surface area contributed by atoms with Crippen molar-refractivity contribution in [2.24, 2.45) is 0 Å². The van der Waals surface area contributed by atoms with E-state index in [0.29, 0.717) is 23.7 Å². The molecule has 0 spiro atoms. The number of nitrogens with zero attached hydrogens (tertiary/aromatic N) is 2. The summed E-state index contributed by atoms with van der Waals surface area (Å²) in [7, 11) is 0. The molecule has 0 aliphatic carbocycles. The molecule has 80 valence electrons. The second kappa shape index (κ2) is 5.41. The Balaban J connectivity index is 2.82. The number of nitrogens with one attached hydrogen (secondary N) is 1. The van der Waals surface area contributed by atoms with Gasteiger partial charge < -0.3 is 15.8 Å². The third-order valence-corrected chi connectivity index (χ3v) is 1.95. The van der Waals surface area contributed by atoms with Gasteiger partial charge >= 0.3 is 0 Å². The van der Waals surface area contributed by atoms with Gasteiger partial charge in [0.1, 0.15) is 0 Å². The van der Waals surface area contributed by atoms with Crippen molar-refractivity contribution in [2.75, 3.05) is 17.1 Å². The quantitative estimate of drug-likeness (QED) is 0.608. The Morgan fingerprint density at radius 2 is 2.33 bits per heavy atom. The maximum absolute atomic E-state index is 10.8. The van der Waals surface area contributed by atoms with E-state index in [9.17, 15) is 5.21 Å². The molecule has 1 rings (SSSR count). The fourth-order valence-corrected chi connectivity index (χ4v) is 1.23. The maximum Gasteiger partial charge on any atom is 0.0755 e. The van der Waals surface area contributed by atoms with E-state index in [0.717, 1.165) is 0 Å². The highest BCUT2D eigenvalue weighted by Crippen LogP contribution is 2.27. The SMILES string of the molecule is N#CCCNc1ccc(Cl)cc1N([O-])O. The van der Waals surface area contributed by atoms with E-state index < -0.39 is 0 Å². The third-order valence-electron chi connectivity index (χ3n) is 1.72. The molecule has 0 radical (unpaired) electrons. The van der Waals surface area contributed by atoms with Crippen LogP contribution in [-0.4, -0.2) is 11.8 Å². The van der Waals surface area contributed by atoms with Gasteiger partial charge in [-0.3, -0.25) is 5.21 Å². The zero-order chi connectivity index (χ0) is 11.3. The van der Waals surface area contributed by atoms with Gasteiger partial charge in [-0.2, -0.15) is 5.26 Å². The molecule has 0 fully saturated rings. The van der Waals surface area contributed by atoms with Gasteiger partial charge in [0.2, 0.25) is 0 Å². The van der Waals surface area contributed by atoms with Crippen molar-refractivity contribution in [1.29, 1.82) is 5.26 Å². The van der Waals surface area contributed by atoms with Gasteiger partial charge in [-0.15, -0.1) is 0 Å². The van der Waals surface area contributed by atoms with Gasteiger partial charge in [0, 0.05) is 11.6 Å². The Morgan fingerprint density at radius 3 is 2.93 bits per heavy atom. The van der Waals surface area contributed by atoms with Crippen LogP contribution < -0.4 is 10.5 Å². The molecule has 1 aromatic rings. The lowest BCUT2D eigenvalue weighted by atomic mass is 10.2. The van der Waals surface area contributed by atoms with Crippen molar-refractivity contribution in [1.82, 2.24) is 0 Å². The summed E-state index contributed by atoms with van der Waals surface area (Å²) in [5, 5.41) is 30.8. The van der Waals surface area contributed by atoms with Crippen molar-refractivity contribution in [2.45, 2.75) is 6.42 Å². The van der Waals surface area contributed by atoms with E-state index in [1.807, 2.05) is 6.07 Å². The standard InChI is InChI=1S/C9H9ClN3O2/c10-7-2-3-8(12-5-1-4-11)9(6-7)13(14)15/h2-3,6,12,14H,1,5H2/q-1. The average Bonchev–Trinajstić information content (AvgIpc) is 2.20. The molecular formula is C9H9ClN3O2-. The minimum absolute atomic E-state index is 0.0282. The molecule has 0 heterocycles. The van der Waals surface area contributed by atoms with Crippen molar-refractivity contribution < 1.29 is 5.21 Å². The van der Waals surface area contributed by atoms with Crippen molar-refractivity contribution in [3.05, 3.63) is 28.4 Å². The fourth-order valence-electron chi connectivity index (χ4n) is 1.07. The number of hydrogen-bond donors (Lipinski definition) is 2. The summed E-state index contributed by atoms with van der Waals surface area (Å²) >= 11 is 5.67. The molecule has 0 unspecified atom stereocenters. The van der Waals surface area contributed by atoms with Gasteiger partial charge in [0.15, 0.2) is 0 Å². The van der Waals surface area contributed by atoms with Crippen LogP contribution in [0.1, 0.15) is 6.42 Å². The number of hydrogen-bond acceptors (Lipinski definition) is 5. The lowest BCUT2D eigenvalue weighted by molar-refractivity contribution is 0.297. The van der Waals surface area contributed by atoms with E-state index in [-0.39, 0.29) is 10.9 Å². The molecule has 0 saturated heterocycles. The van der Waals surface area contributed by atoms with Crippen LogP contribution in [-0.2, 0) is 0 Å². The summed E-state index contributed by atoms with van der Waals surface area (Å²) in [6, 6.07) is 6.44. The van der Waals surface area contributed by atoms with Gasteiger partial charge in [0.25, 0.3) is 0 Å². The first-order valence-electron chi connectivity index (χ1n) is 4.21. The summed E-state index contributed by atoms with van der Waals surface area (Å²) in [4.78, 5) is 0. The van der Waals surface area contributed by atoms with Gasteiger partial charge in [-0.25, -0.2) is 0 Å². The van der Waals surface area contributed by atoms with Gasteiger partial charge in [-0.1, -0.05) is 11.6 Å². The molecule has 0 saturated carbocycles. The van der Waals surface area contributed by atoms with Crippen LogP contribution in [0.15, 0.2) is 18.2 Å². The van der Waals surface area contributed by atoms with Crippen molar-refractivity contribution in [3.63, 3.8) is 0 Å². The van der Waals surface area contributed by atoms with E-state index in [1.165, 1.54) is 6.07 Å². The van der Waals surface area contributed by atoms with Crippen LogP contribution in [0.2, 0.25) is 5.02 Å². The molecule has 0 bridgehead atoms. The van der Waals surface area contributed by atoms with E-state index in [4.69, 9.17) is 22.1 Å². The second-order valence-electron chi connectivity index (χ2n) is 2.77. The molecule has 0 aromatic heterocycles. The first-order valence-corrected chi connectivity index (χ1v) is 4.59. The first-order chi connectivity index (χ1) is 7.15. The van der Waals surface area contributed by atoms with Gasteiger partial charge in [-0.05, 0) is 18.2 Å². The zero-order valence-corrected chi connectivity index (χ0v) is 8.53. The summed E-state index contributed by atoms with van der Waals surface area (Å²) in [6.07, 6.45) is 0.312. The van der Waals surface area contributed by atoms with Crippen LogP contribution in [0.3, 0.4) is 0 Å². The Morgan fingerprint density at radius 1 is 1.60 bits per heavy atom. The van der Waals surface area contributed by atoms with Crippen LogP contribution in [0.4, 0.5) is 11.4 Å². The predicted octanol–water partition coefficient (Wildman–Crippen LogP) is 2.36. The maximum atomic E-state index is 10.8. The predicted molar refractivity (Wildman–Crippen MR) is 57.8 cm³/mol. The third kappa shape index (κ3) is 3.29. The summed E-state index contributed by atoms with van der Waals surface area (Å²) in [5.41, 5.74) is 0.465. The summed E-state index contributed by atoms with van der Waals surface area (Å²) in [6.45, 7) is 0.402. The molecule has 1 aromatic carbocycles. The fraction of sp³-hybridized carbons (Fsp3) is 0.222. The highest BCUT2D eigenvalue weighted by Gasteiger charge is 2.03. The molecule has 15 heavy (non-hydrogen) atoms.